The van der Waals surface area contributed by atoms with E-state index >= 15 is 0 Å². The van der Waals surface area contributed by atoms with Gasteiger partial charge >= 0.3 is 0 Å². The summed E-state index contributed by atoms with van der Waals surface area (Å²) < 4.78 is 0. The van der Waals surface area contributed by atoms with Gasteiger partial charge in [0.05, 0.1) is 5.69 Å². The first-order valence-corrected chi connectivity index (χ1v) is 8.11. The highest BCUT2D eigenvalue weighted by molar-refractivity contribution is 6.30. The monoisotopic (exact) mass is 324 g/mol. The molecule has 23 heavy (non-hydrogen) atoms. The number of hydrogen-bond donors (Lipinski definition) is 1. The molecule has 1 N–H and O–H groups in total. The Morgan fingerprint density at radius 3 is 2.65 bits per heavy atom. The number of hydrogen-bond acceptors (Lipinski definition) is 3. The summed E-state index contributed by atoms with van der Waals surface area (Å²) in [4.78, 5) is 6.53. The molecule has 0 bridgehead atoms. The molecule has 1 aliphatic rings. The molecule has 2 aromatic heterocycles. The molecule has 0 radical (unpaired) electrons. The summed E-state index contributed by atoms with van der Waals surface area (Å²) in [5.41, 5.74) is 5.99. The number of rotatable bonds is 3. The van der Waals surface area contributed by atoms with Crippen LogP contribution in [0.1, 0.15) is 16.8 Å². The lowest BCUT2D eigenvalue weighted by molar-refractivity contribution is 0.245. The van der Waals surface area contributed by atoms with Crippen molar-refractivity contribution >= 4 is 11.6 Å². The van der Waals surface area contributed by atoms with E-state index in [-0.39, 0.29) is 0 Å². The number of fused-ring (bicyclic) bond motifs is 1. The van der Waals surface area contributed by atoms with Crippen LogP contribution >= 0.6 is 11.6 Å². The Balaban J connectivity index is 1.59. The fourth-order valence-electron chi connectivity index (χ4n) is 3.08. The fourth-order valence-corrected chi connectivity index (χ4v) is 3.20. The van der Waals surface area contributed by atoms with Gasteiger partial charge in [-0.15, -0.1) is 0 Å². The summed E-state index contributed by atoms with van der Waals surface area (Å²) in [6.07, 6.45) is 4.70. The number of aromatic amines is 1. The molecule has 1 aromatic carbocycles. The summed E-state index contributed by atoms with van der Waals surface area (Å²) in [5.74, 6) is 0. The van der Waals surface area contributed by atoms with Crippen LogP contribution in [0.25, 0.3) is 11.3 Å². The molecule has 4 rings (SSSR count). The van der Waals surface area contributed by atoms with Crippen LogP contribution in [0.5, 0.6) is 0 Å². The van der Waals surface area contributed by atoms with Crippen molar-refractivity contribution in [2.75, 3.05) is 6.54 Å². The lowest BCUT2D eigenvalue weighted by Crippen LogP contribution is -2.30. The molecule has 0 saturated carbocycles. The number of benzene rings is 1. The second-order valence-electron chi connectivity index (χ2n) is 5.85. The molecule has 3 aromatic rings. The Kier molecular flexibility index (Phi) is 3.85. The zero-order valence-corrected chi connectivity index (χ0v) is 13.4. The van der Waals surface area contributed by atoms with Gasteiger partial charge in [0.25, 0.3) is 0 Å². The maximum absolute atomic E-state index is 5.99. The highest BCUT2D eigenvalue weighted by atomic mass is 35.5. The maximum atomic E-state index is 5.99. The van der Waals surface area contributed by atoms with Crippen molar-refractivity contribution in [2.24, 2.45) is 0 Å². The molecule has 0 atom stereocenters. The summed E-state index contributed by atoms with van der Waals surface area (Å²) >= 11 is 5.99. The van der Waals surface area contributed by atoms with Crippen molar-refractivity contribution in [1.29, 1.82) is 0 Å². The van der Waals surface area contributed by atoms with Gasteiger partial charge in [-0.2, -0.15) is 5.10 Å². The third-order valence-corrected chi connectivity index (χ3v) is 4.54. The minimum Gasteiger partial charge on any atom is -0.294 e. The van der Waals surface area contributed by atoms with Gasteiger partial charge in [0.1, 0.15) is 0 Å². The summed E-state index contributed by atoms with van der Waals surface area (Å²) in [5, 5.41) is 8.49. The number of halogens is 1. The molecule has 1 aliphatic heterocycles. The average molecular weight is 325 g/mol. The number of aromatic nitrogens is 3. The maximum Gasteiger partial charge on any atom is 0.0968 e. The summed E-state index contributed by atoms with van der Waals surface area (Å²) in [6.45, 7) is 2.89. The second-order valence-corrected chi connectivity index (χ2v) is 6.29. The standard InChI is InChI=1S/C18H17ClN4/c19-15-3-1-14(2-4-15)18-16-12-23(10-7-17(16)21-22-18)11-13-5-8-20-9-6-13/h1-6,8-9H,7,10-12H2,(H,21,22). The number of nitrogens with zero attached hydrogens (tertiary/aromatic N) is 3. The molecule has 0 aliphatic carbocycles. The highest BCUT2D eigenvalue weighted by Crippen LogP contribution is 2.29. The van der Waals surface area contributed by atoms with Crippen LogP contribution in [-0.2, 0) is 19.5 Å². The molecule has 0 fully saturated rings. The first kappa shape index (κ1) is 14.4. The van der Waals surface area contributed by atoms with E-state index in [1.807, 2.05) is 36.7 Å². The van der Waals surface area contributed by atoms with Crippen molar-refractivity contribution in [3.05, 3.63) is 70.6 Å². The quantitative estimate of drug-likeness (QED) is 0.799. The summed E-state index contributed by atoms with van der Waals surface area (Å²) in [7, 11) is 0. The second kappa shape index (κ2) is 6.14. The van der Waals surface area contributed by atoms with Crippen LogP contribution in [0.15, 0.2) is 48.8 Å². The van der Waals surface area contributed by atoms with E-state index in [4.69, 9.17) is 11.6 Å². The highest BCUT2D eigenvalue weighted by Gasteiger charge is 2.22. The third-order valence-electron chi connectivity index (χ3n) is 4.29. The van der Waals surface area contributed by atoms with Crippen LogP contribution in [0, 0.1) is 0 Å². The molecule has 5 heteroatoms. The van der Waals surface area contributed by atoms with E-state index in [0.29, 0.717) is 0 Å². The van der Waals surface area contributed by atoms with Crippen molar-refractivity contribution < 1.29 is 0 Å². The first-order valence-electron chi connectivity index (χ1n) is 7.73. The van der Waals surface area contributed by atoms with Gasteiger partial charge in [-0.05, 0) is 29.8 Å². The first-order chi connectivity index (χ1) is 11.3. The van der Waals surface area contributed by atoms with E-state index in [9.17, 15) is 0 Å². The van der Waals surface area contributed by atoms with Crippen molar-refractivity contribution in [3.63, 3.8) is 0 Å². The fraction of sp³-hybridized carbons (Fsp3) is 0.222. The van der Waals surface area contributed by atoms with Crippen LogP contribution in [0.4, 0.5) is 0 Å². The van der Waals surface area contributed by atoms with Crippen LogP contribution in [0.2, 0.25) is 5.02 Å². The molecular formula is C18H17ClN4. The van der Waals surface area contributed by atoms with E-state index in [0.717, 1.165) is 42.3 Å². The largest absolute Gasteiger partial charge is 0.294 e. The number of pyridine rings is 1. The van der Waals surface area contributed by atoms with Gasteiger partial charge in [0.15, 0.2) is 0 Å². The number of nitrogens with one attached hydrogen (secondary N) is 1. The van der Waals surface area contributed by atoms with Gasteiger partial charge < -0.3 is 0 Å². The van der Waals surface area contributed by atoms with E-state index in [2.05, 4.69) is 32.2 Å². The predicted octanol–water partition coefficient (Wildman–Crippen LogP) is 3.68. The Labute approximate surface area is 140 Å². The van der Waals surface area contributed by atoms with Crippen molar-refractivity contribution in [1.82, 2.24) is 20.1 Å². The normalized spacial score (nSPS) is 14.7. The lowest BCUT2D eigenvalue weighted by Gasteiger charge is -2.27. The lowest BCUT2D eigenvalue weighted by atomic mass is 10.0. The zero-order chi connectivity index (χ0) is 15.6. The minimum absolute atomic E-state index is 0.748. The van der Waals surface area contributed by atoms with Crippen LogP contribution in [0.3, 0.4) is 0 Å². The van der Waals surface area contributed by atoms with Crippen molar-refractivity contribution in [2.45, 2.75) is 19.5 Å². The van der Waals surface area contributed by atoms with Crippen LogP contribution in [-0.4, -0.2) is 26.6 Å². The molecule has 0 unspecified atom stereocenters. The molecule has 3 heterocycles. The van der Waals surface area contributed by atoms with E-state index < -0.39 is 0 Å². The third kappa shape index (κ3) is 3.00. The summed E-state index contributed by atoms with van der Waals surface area (Å²) in [6, 6.07) is 12.0. The molecule has 0 saturated heterocycles. The van der Waals surface area contributed by atoms with Gasteiger partial charge in [-0.1, -0.05) is 23.7 Å². The van der Waals surface area contributed by atoms with E-state index in [1.54, 1.807) is 0 Å². The topological polar surface area (TPSA) is 44.8 Å². The Morgan fingerprint density at radius 2 is 1.87 bits per heavy atom. The Bertz CT molecular complexity index is 796. The molecule has 0 spiro atoms. The van der Waals surface area contributed by atoms with Crippen molar-refractivity contribution in [3.8, 4) is 11.3 Å². The van der Waals surface area contributed by atoms with Gasteiger partial charge in [-0.25, -0.2) is 0 Å². The number of H-pyrrole nitrogens is 1. The smallest absolute Gasteiger partial charge is 0.0968 e. The van der Waals surface area contributed by atoms with Gasteiger partial charge in [0, 0.05) is 60.3 Å². The molecule has 4 nitrogen and oxygen atoms in total. The molecule has 116 valence electrons. The minimum atomic E-state index is 0.748. The van der Waals surface area contributed by atoms with Gasteiger partial charge in [-0.3, -0.25) is 15.0 Å². The zero-order valence-electron chi connectivity index (χ0n) is 12.7. The van der Waals surface area contributed by atoms with Gasteiger partial charge in [0.2, 0.25) is 0 Å². The SMILES string of the molecule is Clc1ccc(-c2n[nH]c3c2CN(Cc2ccncc2)CC3)cc1. The molecule has 0 amide bonds. The Hall–Kier alpha value is -2.17. The Morgan fingerprint density at radius 1 is 1.09 bits per heavy atom. The molecular weight excluding hydrogens is 308 g/mol. The van der Waals surface area contributed by atoms with E-state index in [1.165, 1.54) is 16.8 Å². The average Bonchev–Trinajstić information content (AvgIpc) is 3.00. The van der Waals surface area contributed by atoms with Crippen LogP contribution < -0.4 is 0 Å². The predicted molar refractivity (Wildman–Crippen MR) is 91.1 cm³/mol.